The Morgan fingerprint density at radius 1 is 0.583 bits per heavy atom. The van der Waals surface area contributed by atoms with Gasteiger partial charge in [0.1, 0.15) is 17.0 Å². The predicted molar refractivity (Wildman–Crippen MR) is 199 cm³/mol. The maximum absolute atomic E-state index is 9.22. The first-order chi connectivity index (χ1) is 27.8. The summed E-state index contributed by atoms with van der Waals surface area (Å²) < 4.78 is 92.4. The lowest BCUT2D eigenvalue weighted by Crippen LogP contribution is -2.35. The van der Waals surface area contributed by atoms with Crippen LogP contribution in [0.15, 0.2) is 178 Å². The van der Waals surface area contributed by atoms with Crippen molar-refractivity contribution in [3.63, 3.8) is 0 Å². The van der Waals surface area contributed by atoms with Gasteiger partial charge in [-0.1, -0.05) is 145 Å². The lowest BCUT2D eigenvalue weighted by molar-refractivity contribution is 0.385. The summed E-state index contributed by atoms with van der Waals surface area (Å²) in [6.07, 6.45) is -1.05. The quantitative estimate of drug-likeness (QED) is 0.190. The van der Waals surface area contributed by atoms with Crippen LogP contribution in [0.25, 0.3) is 55.0 Å². The van der Waals surface area contributed by atoms with E-state index in [9.17, 15) is 1.37 Å². The molecule has 1 unspecified atom stereocenters. The van der Waals surface area contributed by atoms with Crippen molar-refractivity contribution in [2.75, 3.05) is 7.05 Å². The van der Waals surface area contributed by atoms with Gasteiger partial charge in [0.05, 0.1) is 13.7 Å². The van der Waals surface area contributed by atoms with E-state index in [1.807, 2.05) is 42.5 Å². The third-order valence-electron chi connectivity index (χ3n) is 8.63. The van der Waals surface area contributed by atoms with Gasteiger partial charge >= 0.3 is 0 Å². The van der Waals surface area contributed by atoms with Crippen LogP contribution in [0, 0.1) is 0 Å². The van der Waals surface area contributed by atoms with Gasteiger partial charge in [-0.3, -0.25) is 0 Å². The van der Waals surface area contributed by atoms with Crippen LogP contribution in [0.4, 0.5) is 0 Å². The maximum Gasteiger partial charge on any atom is 0.159 e. The van der Waals surface area contributed by atoms with E-state index in [2.05, 4.69) is 36.4 Å². The van der Waals surface area contributed by atoms with Gasteiger partial charge in [0.25, 0.3) is 0 Å². The molecular weight excluding hydrogens is 587 g/mol. The van der Waals surface area contributed by atoms with E-state index in [0.29, 0.717) is 5.56 Å². The molecule has 1 aromatic heterocycles. The van der Waals surface area contributed by atoms with E-state index in [1.165, 1.54) is 24.3 Å². The minimum atomic E-state index is -1.05. The number of fused-ring (bicyclic) bond motifs is 4. The van der Waals surface area contributed by atoms with Crippen molar-refractivity contribution in [3.8, 4) is 22.3 Å². The molecule has 7 aromatic carbocycles. The number of hydrogen-bond acceptors (Lipinski definition) is 4. The SMILES string of the molecule is [2H]c1cc2c([2H])c([2H])c(C3=NC(c4ccc(-c5ccc(-c6ccccc6)cc5)cc4)=NC(c4c([2H])cc([2H])c5oc6c([2H])c([2H])c([2H])cc6c45)N3C)cc2c([2H])c1[2H]. The number of benzene rings is 7. The Kier molecular flexibility index (Phi) is 4.66. The molecular formula is C44H31N3O. The third-order valence-corrected chi connectivity index (χ3v) is 8.63. The van der Waals surface area contributed by atoms with E-state index < -0.39 is 6.17 Å². The largest absolute Gasteiger partial charge is 0.456 e. The van der Waals surface area contributed by atoms with Gasteiger partial charge < -0.3 is 9.32 Å². The Morgan fingerprint density at radius 2 is 1.27 bits per heavy atom. The molecule has 0 saturated carbocycles. The first-order valence-electron chi connectivity index (χ1n) is 20.4. The summed E-state index contributed by atoms with van der Waals surface area (Å²) in [6, 6.07) is 29.2. The van der Waals surface area contributed by atoms with Crippen LogP contribution in [0.1, 0.15) is 36.6 Å². The van der Waals surface area contributed by atoms with Gasteiger partial charge in [0.15, 0.2) is 12.0 Å². The molecule has 0 radical (unpaired) electrons. The van der Waals surface area contributed by atoms with Crippen LogP contribution >= 0.6 is 0 Å². The number of nitrogens with zero attached hydrogens (tertiary/aromatic N) is 3. The van der Waals surface area contributed by atoms with E-state index in [1.54, 1.807) is 11.9 Å². The Hall–Kier alpha value is -6.26. The number of aliphatic imine (C=N–C) groups is 2. The van der Waals surface area contributed by atoms with Crippen LogP contribution in [-0.4, -0.2) is 23.6 Å². The number of hydrogen-bond donors (Lipinski definition) is 0. The monoisotopic (exact) mass is 627 g/mol. The molecule has 8 aromatic rings. The highest BCUT2D eigenvalue weighted by Gasteiger charge is 2.29. The highest BCUT2D eigenvalue weighted by Crippen LogP contribution is 2.38. The molecule has 1 atom stereocenters. The second-order valence-corrected chi connectivity index (χ2v) is 11.5. The molecule has 0 aliphatic carbocycles. The summed E-state index contributed by atoms with van der Waals surface area (Å²) in [6.45, 7) is 0. The molecule has 2 heterocycles. The highest BCUT2D eigenvalue weighted by atomic mass is 16.3. The lowest BCUT2D eigenvalue weighted by atomic mass is 9.99. The molecule has 0 saturated heterocycles. The van der Waals surface area contributed by atoms with Gasteiger partial charge in [-0.2, -0.15) is 0 Å². The normalized spacial score (nSPS) is 17.7. The van der Waals surface area contributed by atoms with Crippen LogP contribution in [-0.2, 0) is 0 Å². The lowest BCUT2D eigenvalue weighted by Gasteiger charge is -2.33. The summed E-state index contributed by atoms with van der Waals surface area (Å²) >= 11 is 0. The van der Waals surface area contributed by atoms with Crippen LogP contribution < -0.4 is 0 Å². The molecule has 1 aliphatic heterocycles. The number of furan rings is 1. The number of amidine groups is 2. The molecule has 4 nitrogen and oxygen atoms in total. The number of para-hydroxylation sites is 1. The standard InChI is InChI=1S/C44H31N3O/c1-47-43(36-27-24-30-12-5-6-13-35(30)28-36)45-42(46-44(47)38-15-9-17-40-41(38)37-14-7-8-16-39(37)48-40)34-25-22-33(23-26-34)32-20-18-31(19-21-32)29-10-3-2-4-11-29/h2-28,44H,1H3/i5D,6D,7D,8D,13D,15D,16D,17D,24D,27D. The summed E-state index contributed by atoms with van der Waals surface area (Å²) in [4.78, 5) is 11.7. The Morgan fingerprint density at radius 3 is 2.04 bits per heavy atom. The predicted octanol–water partition coefficient (Wildman–Crippen LogP) is 10.9. The molecule has 0 bridgehead atoms. The Bertz CT molecular complexity index is 3070. The van der Waals surface area contributed by atoms with Gasteiger partial charge in [-0.05, 0) is 51.2 Å². The van der Waals surface area contributed by atoms with Gasteiger partial charge in [0.2, 0.25) is 0 Å². The minimum Gasteiger partial charge on any atom is -0.456 e. The second-order valence-electron chi connectivity index (χ2n) is 11.5. The molecule has 228 valence electrons. The Balaban J connectivity index is 1.24. The van der Waals surface area contributed by atoms with Crippen molar-refractivity contribution in [3.05, 3.63) is 180 Å². The third kappa shape index (κ3) is 4.86. The summed E-state index contributed by atoms with van der Waals surface area (Å²) in [5.74, 6) is 0.415. The van der Waals surface area contributed by atoms with Gasteiger partial charge in [-0.25, -0.2) is 9.98 Å². The summed E-state index contributed by atoms with van der Waals surface area (Å²) in [5.41, 5.74) is 5.25. The van der Waals surface area contributed by atoms with Crippen LogP contribution in [0.5, 0.6) is 0 Å². The molecule has 1 aliphatic rings. The molecule has 48 heavy (non-hydrogen) atoms. The molecule has 0 spiro atoms. The van der Waals surface area contributed by atoms with Gasteiger partial charge in [0, 0.05) is 34.5 Å². The van der Waals surface area contributed by atoms with E-state index in [0.717, 1.165) is 22.3 Å². The Labute approximate surface area is 293 Å². The van der Waals surface area contributed by atoms with E-state index >= 15 is 0 Å². The summed E-state index contributed by atoms with van der Waals surface area (Å²) in [7, 11) is 1.67. The van der Waals surface area contributed by atoms with Crippen molar-refractivity contribution in [2.45, 2.75) is 6.17 Å². The molecule has 0 amide bonds. The zero-order chi connectivity index (χ0) is 40.7. The molecule has 0 N–H and O–H groups in total. The van der Waals surface area contributed by atoms with Crippen molar-refractivity contribution in [1.29, 1.82) is 0 Å². The topological polar surface area (TPSA) is 41.1 Å². The van der Waals surface area contributed by atoms with Crippen molar-refractivity contribution < 1.29 is 18.1 Å². The fraction of sp³-hybridized carbons (Fsp3) is 0.0455. The van der Waals surface area contributed by atoms with Crippen LogP contribution in [0.2, 0.25) is 0 Å². The zero-order valence-corrected chi connectivity index (χ0v) is 25.6. The van der Waals surface area contributed by atoms with Crippen molar-refractivity contribution >= 4 is 44.4 Å². The number of rotatable bonds is 5. The molecule has 0 fully saturated rings. The van der Waals surface area contributed by atoms with E-state index in [-0.39, 0.29) is 116 Å². The smallest absolute Gasteiger partial charge is 0.159 e. The van der Waals surface area contributed by atoms with Crippen LogP contribution in [0.3, 0.4) is 0 Å². The summed E-state index contributed by atoms with van der Waals surface area (Å²) in [5, 5.41) is 0.958. The fourth-order valence-electron chi connectivity index (χ4n) is 6.18. The molecule has 9 rings (SSSR count). The average molecular weight is 628 g/mol. The zero-order valence-electron chi connectivity index (χ0n) is 35.6. The highest BCUT2D eigenvalue weighted by molar-refractivity contribution is 6.14. The second kappa shape index (κ2) is 11.5. The molecule has 4 heteroatoms. The van der Waals surface area contributed by atoms with Crippen molar-refractivity contribution in [2.24, 2.45) is 9.98 Å². The van der Waals surface area contributed by atoms with Crippen molar-refractivity contribution in [1.82, 2.24) is 4.90 Å². The maximum atomic E-state index is 9.22. The first-order valence-corrected chi connectivity index (χ1v) is 15.4. The average Bonchev–Trinajstić information content (AvgIpc) is 3.61. The van der Waals surface area contributed by atoms with E-state index in [4.69, 9.17) is 26.7 Å². The first kappa shape index (κ1) is 19.4. The fourth-order valence-corrected chi connectivity index (χ4v) is 6.18. The minimum absolute atomic E-state index is 0.00468. The van der Waals surface area contributed by atoms with Gasteiger partial charge in [-0.15, -0.1) is 0 Å².